The molecule has 6 aromatic carbocycles. The third kappa shape index (κ3) is 6.95. The van der Waals surface area contributed by atoms with E-state index in [1.165, 1.54) is 42.5 Å². The molecule has 0 saturated heterocycles. The third-order valence-corrected chi connectivity index (χ3v) is 11.1. The topological polar surface area (TPSA) is 66.2 Å². The van der Waals surface area contributed by atoms with Crippen molar-refractivity contribution in [1.29, 1.82) is 0 Å². The van der Waals surface area contributed by atoms with Crippen molar-refractivity contribution >= 4 is 110 Å². The Morgan fingerprint density at radius 2 is 0.922 bits per heavy atom. The number of benzene rings is 6. The first-order chi connectivity index (χ1) is 24.5. The SMILES string of the molecule is C.Clc1nc2ccccc2c2ccccc12.OB(O)c1cc2ccccc2s1.c1ccc2sc(-c3nc4ccccc4c4ccccc34)cc2c1. The van der Waals surface area contributed by atoms with Crippen LogP contribution in [0.15, 0.2) is 158 Å². The standard InChI is InChI=1S/C21H13NS.C13H8ClN.C8H7BO2S.CH4/c1-6-12-19-14(7-1)13-20(23-19)21-17-10-3-2-8-15(17)16-9-4-5-11-18(16)22-21;14-13-11-7-2-1-5-9(11)10-6-3-4-8-12(10)15-13;10-9(11)8-5-6-3-1-2-4-7(6)12-8;/h1-13H;1-8H;1-5,10-11H;1H4. The Kier molecular flexibility index (Phi) is 10.1. The molecule has 4 nitrogen and oxygen atoms in total. The summed E-state index contributed by atoms with van der Waals surface area (Å²) in [6.07, 6.45) is 0. The second-order valence-electron chi connectivity index (χ2n) is 11.7. The maximum absolute atomic E-state index is 8.89. The second-order valence-corrected chi connectivity index (χ2v) is 14.3. The highest BCUT2D eigenvalue weighted by Crippen LogP contribution is 2.38. The van der Waals surface area contributed by atoms with Crippen LogP contribution in [0.25, 0.3) is 74.1 Å². The highest BCUT2D eigenvalue weighted by atomic mass is 35.5. The normalized spacial score (nSPS) is 10.9. The van der Waals surface area contributed by atoms with Crippen LogP contribution in [0.5, 0.6) is 0 Å². The second kappa shape index (κ2) is 15.0. The number of hydrogen-bond donors (Lipinski definition) is 2. The zero-order chi connectivity index (χ0) is 34.0. The Hall–Kier alpha value is -5.15. The molecule has 4 heterocycles. The largest absolute Gasteiger partial charge is 0.499 e. The summed E-state index contributed by atoms with van der Waals surface area (Å²) >= 11 is 9.34. The number of rotatable bonds is 2. The van der Waals surface area contributed by atoms with Crippen molar-refractivity contribution in [3.63, 3.8) is 0 Å². The average Bonchev–Trinajstić information content (AvgIpc) is 3.81. The zero-order valence-corrected chi connectivity index (χ0v) is 29.0. The Morgan fingerprint density at radius 1 is 0.471 bits per heavy atom. The van der Waals surface area contributed by atoms with Crippen molar-refractivity contribution in [2.75, 3.05) is 0 Å². The summed E-state index contributed by atoms with van der Waals surface area (Å²) < 4.78 is 2.98. The summed E-state index contributed by atoms with van der Waals surface area (Å²) in [7, 11) is -1.35. The smallest absolute Gasteiger partial charge is 0.423 e. The molecule has 0 aliphatic rings. The molecule has 0 bridgehead atoms. The van der Waals surface area contributed by atoms with Gasteiger partial charge in [0, 0.05) is 35.7 Å². The van der Waals surface area contributed by atoms with Gasteiger partial charge >= 0.3 is 7.12 Å². The Bertz CT molecular complexity index is 2730. The van der Waals surface area contributed by atoms with E-state index < -0.39 is 7.12 Å². The first kappa shape index (κ1) is 34.3. The molecular formula is C43H32BClN2O2S2. The zero-order valence-electron chi connectivity index (χ0n) is 26.6. The van der Waals surface area contributed by atoms with Crippen molar-refractivity contribution in [3.05, 3.63) is 163 Å². The maximum atomic E-state index is 8.89. The van der Waals surface area contributed by atoms with Gasteiger partial charge in [0.15, 0.2) is 0 Å². The van der Waals surface area contributed by atoms with Crippen molar-refractivity contribution in [2.45, 2.75) is 7.43 Å². The molecule has 51 heavy (non-hydrogen) atoms. The van der Waals surface area contributed by atoms with E-state index in [1.807, 2.05) is 72.0 Å². The van der Waals surface area contributed by atoms with Gasteiger partial charge in [-0.15, -0.1) is 22.7 Å². The first-order valence-corrected chi connectivity index (χ1v) is 18.1. The van der Waals surface area contributed by atoms with Crippen molar-refractivity contribution in [3.8, 4) is 10.6 Å². The predicted octanol–water partition coefficient (Wildman–Crippen LogP) is 11.5. The van der Waals surface area contributed by atoms with Gasteiger partial charge in [0.25, 0.3) is 0 Å². The van der Waals surface area contributed by atoms with Gasteiger partial charge in [-0.1, -0.05) is 140 Å². The number of para-hydroxylation sites is 2. The first-order valence-electron chi connectivity index (χ1n) is 16.1. The highest BCUT2D eigenvalue weighted by molar-refractivity contribution is 7.27. The molecule has 0 spiro atoms. The minimum absolute atomic E-state index is 0. The summed E-state index contributed by atoms with van der Waals surface area (Å²) in [5.41, 5.74) is 3.08. The monoisotopic (exact) mass is 718 g/mol. The van der Waals surface area contributed by atoms with E-state index in [9.17, 15) is 0 Å². The highest BCUT2D eigenvalue weighted by Gasteiger charge is 2.14. The van der Waals surface area contributed by atoms with Gasteiger partial charge in [0.1, 0.15) is 5.15 Å². The van der Waals surface area contributed by atoms with Gasteiger partial charge in [0.05, 0.1) is 21.6 Å². The summed E-state index contributed by atoms with van der Waals surface area (Å²) in [5, 5.41) is 27.7. The number of nitrogens with zero attached hydrogens (tertiary/aromatic N) is 2. The van der Waals surface area contributed by atoms with Gasteiger partial charge in [-0.25, -0.2) is 9.97 Å². The molecule has 2 N–H and O–H groups in total. The molecule has 10 aromatic rings. The third-order valence-electron chi connectivity index (χ3n) is 8.53. The van der Waals surface area contributed by atoms with E-state index in [4.69, 9.17) is 26.6 Å². The predicted molar refractivity (Wildman–Crippen MR) is 223 cm³/mol. The maximum Gasteiger partial charge on any atom is 0.499 e. The van der Waals surface area contributed by atoms with Gasteiger partial charge in [0.2, 0.25) is 0 Å². The molecule has 8 heteroatoms. The molecular weight excluding hydrogens is 687 g/mol. The molecule has 4 aromatic heterocycles. The number of hydrogen-bond acceptors (Lipinski definition) is 6. The molecule has 0 aliphatic carbocycles. The van der Waals surface area contributed by atoms with E-state index in [0.29, 0.717) is 9.93 Å². The van der Waals surface area contributed by atoms with E-state index in [1.54, 1.807) is 6.07 Å². The molecule has 0 saturated carbocycles. The Labute approximate surface area is 309 Å². The van der Waals surface area contributed by atoms with Crippen molar-refractivity contribution in [2.24, 2.45) is 0 Å². The fourth-order valence-electron chi connectivity index (χ4n) is 6.18. The summed E-state index contributed by atoms with van der Waals surface area (Å²) in [6, 6.07) is 53.4. The minimum Gasteiger partial charge on any atom is -0.423 e. The van der Waals surface area contributed by atoms with Crippen LogP contribution in [0.3, 0.4) is 0 Å². The minimum atomic E-state index is -1.35. The van der Waals surface area contributed by atoms with Gasteiger partial charge in [-0.2, -0.15) is 0 Å². The fraction of sp³-hybridized carbons (Fsp3) is 0.0233. The van der Waals surface area contributed by atoms with Gasteiger partial charge < -0.3 is 10.0 Å². The summed E-state index contributed by atoms with van der Waals surface area (Å²) in [5.74, 6) is 0. The lowest BCUT2D eigenvalue weighted by molar-refractivity contribution is 0.427. The van der Waals surface area contributed by atoms with Crippen molar-refractivity contribution in [1.82, 2.24) is 9.97 Å². The van der Waals surface area contributed by atoms with Crippen LogP contribution >= 0.6 is 34.3 Å². The van der Waals surface area contributed by atoms with Gasteiger partial charge in [-0.05, 0) is 57.9 Å². The Balaban J connectivity index is 0.000000126. The Morgan fingerprint density at radius 3 is 1.51 bits per heavy atom. The molecule has 248 valence electrons. The molecule has 0 fully saturated rings. The van der Waals surface area contributed by atoms with E-state index in [-0.39, 0.29) is 7.43 Å². The molecule has 10 rings (SSSR count). The quantitative estimate of drug-likeness (QED) is 0.106. The molecule has 0 atom stereocenters. The van der Waals surface area contributed by atoms with E-state index >= 15 is 0 Å². The lowest BCUT2D eigenvalue weighted by atomic mass is 9.89. The summed E-state index contributed by atoms with van der Waals surface area (Å²) in [6.45, 7) is 0. The lowest BCUT2D eigenvalue weighted by Crippen LogP contribution is -2.26. The van der Waals surface area contributed by atoms with Crippen LogP contribution in [0.2, 0.25) is 5.15 Å². The van der Waals surface area contributed by atoms with Gasteiger partial charge in [-0.3, -0.25) is 0 Å². The number of aromatic nitrogens is 2. The number of thiophene rings is 2. The molecule has 0 unspecified atom stereocenters. The van der Waals surface area contributed by atoms with E-state index in [0.717, 1.165) is 43.0 Å². The van der Waals surface area contributed by atoms with Crippen LogP contribution in [0.4, 0.5) is 0 Å². The number of fused-ring (bicyclic) bond motifs is 8. The summed E-state index contributed by atoms with van der Waals surface area (Å²) in [4.78, 5) is 10.6. The van der Waals surface area contributed by atoms with Crippen LogP contribution in [-0.4, -0.2) is 27.1 Å². The molecule has 0 aliphatic heterocycles. The van der Waals surface area contributed by atoms with E-state index in [2.05, 4.69) is 96.0 Å². The lowest BCUT2D eigenvalue weighted by Gasteiger charge is -2.08. The number of halogens is 1. The van der Waals surface area contributed by atoms with Crippen LogP contribution < -0.4 is 4.78 Å². The molecule has 0 radical (unpaired) electrons. The van der Waals surface area contributed by atoms with Crippen LogP contribution in [-0.2, 0) is 0 Å². The van der Waals surface area contributed by atoms with Crippen LogP contribution in [0, 0.1) is 0 Å². The van der Waals surface area contributed by atoms with Crippen molar-refractivity contribution < 1.29 is 10.0 Å². The molecule has 0 amide bonds. The van der Waals surface area contributed by atoms with Crippen LogP contribution in [0.1, 0.15) is 7.43 Å². The average molecular weight is 719 g/mol. The fourth-order valence-corrected chi connectivity index (χ4v) is 8.44. The number of pyridine rings is 2.